The number of carbonyl (C=O) groups is 2. The summed E-state index contributed by atoms with van der Waals surface area (Å²) in [7, 11) is 3.85. The summed E-state index contributed by atoms with van der Waals surface area (Å²) in [6.45, 7) is 0.200. The number of rotatable bonds is 4. The second-order valence-corrected chi connectivity index (χ2v) is 5.58. The van der Waals surface area contributed by atoms with Crippen LogP contribution >= 0.6 is 11.6 Å². The van der Waals surface area contributed by atoms with E-state index < -0.39 is 11.8 Å². The third-order valence-electron chi connectivity index (χ3n) is 3.25. The third kappa shape index (κ3) is 4.72. The van der Waals surface area contributed by atoms with Crippen LogP contribution in [0.2, 0.25) is 5.02 Å². The topological polar surface area (TPSA) is 61.4 Å². The summed E-state index contributed by atoms with van der Waals surface area (Å²) >= 11 is 6.00. The average Bonchev–Trinajstić information content (AvgIpc) is 2.54. The van der Waals surface area contributed by atoms with Crippen molar-refractivity contribution in [3.63, 3.8) is 0 Å². The summed E-state index contributed by atoms with van der Waals surface area (Å²) in [5.41, 5.74) is 2.32. The molecule has 0 unspecified atom stereocenters. The van der Waals surface area contributed by atoms with Crippen LogP contribution < -0.4 is 15.5 Å². The van der Waals surface area contributed by atoms with Crippen molar-refractivity contribution in [2.24, 2.45) is 0 Å². The minimum absolute atomic E-state index is 0.200. The van der Waals surface area contributed by atoms with Gasteiger partial charge in [0.25, 0.3) is 0 Å². The van der Waals surface area contributed by atoms with E-state index in [2.05, 4.69) is 10.6 Å². The van der Waals surface area contributed by atoms with Gasteiger partial charge in [-0.2, -0.15) is 0 Å². The number of hydrogen-bond acceptors (Lipinski definition) is 3. The third-order valence-corrected chi connectivity index (χ3v) is 3.61. The van der Waals surface area contributed by atoms with Crippen LogP contribution in [0.5, 0.6) is 0 Å². The normalized spacial score (nSPS) is 10.0. The van der Waals surface area contributed by atoms with Gasteiger partial charge in [-0.1, -0.05) is 29.8 Å². The first kappa shape index (κ1) is 16.8. The molecule has 23 heavy (non-hydrogen) atoms. The van der Waals surface area contributed by atoms with E-state index in [1.54, 1.807) is 30.3 Å². The lowest BCUT2D eigenvalue weighted by molar-refractivity contribution is -0.136. The molecule has 0 radical (unpaired) electrons. The van der Waals surface area contributed by atoms with Gasteiger partial charge in [0.05, 0.1) is 0 Å². The lowest BCUT2D eigenvalue weighted by Crippen LogP contribution is -2.35. The second kappa shape index (κ2) is 7.65. The zero-order chi connectivity index (χ0) is 16.8. The molecule has 2 N–H and O–H groups in total. The van der Waals surface area contributed by atoms with Gasteiger partial charge in [-0.05, 0) is 35.9 Å². The molecule has 5 nitrogen and oxygen atoms in total. The van der Waals surface area contributed by atoms with E-state index in [1.165, 1.54) is 0 Å². The quantitative estimate of drug-likeness (QED) is 0.847. The first-order valence-corrected chi connectivity index (χ1v) is 7.45. The second-order valence-electron chi connectivity index (χ2n) is 5.17. The highest BCUT2D eigenvalue weighted by Crippen LogP contribution is 2.16. The van der Waals surface area contributed by atoms with E-state index in [-0.39, 0.29) is 6.54 Å². The van der Waals surface area contributed by atoms with Crippen LogP contribution in [0.4, 0.5) is 11.4 Å². The molecule has 0 aliphatic heterocycles. The maximum atomic E-state index is 11.9. The molecule has 0 aliphatic rings. The molecule has 120 valence electrons. The Morgan fingerprint density at radius 3 is 2.26 bits per heavy atom. The molecule has 0 aliphatic carbocycles. The molecular formula is C17H18ClN3O2. The monoisotopic (exact) mass is 331 g/mol. The van der Waals surface area contributed by atoms with E-state index in [9.17, 15) is 9.59 Å². The molecular weight excluding hydrogens is 314 g/mol. The van der Waals surface area contributed by atoms with Gasteiger partial charge in [-0.25, -0.2) is 0 Å². The number of amides is 2. The highest BCUT2D eigenvalue weighted by Gasteiger charge is 2.13. The zero-order valence-corrected chi connectivity index (χ0v) is 13.7. The van der Waals surface area contributed by atoms with Crippen LogP contribution in [0.15, 0.2) is 48.5 Å². The summed E-state index contributed by atoms with van der Waals surface area (Å²) in [5, 5.41) is 5.65. The number of carbonyl (C=O) groups excluding carboxylic acids is 2. The summed E-state index contributed by atoms with van der Waals surface area (Å²) in [6.07, 6.45) is 0. The Morgan fingerprint density at radius 2 is 1.65 bits per heavy atom. The van der Waals surface area contributed by atoms with E-state index in [1.807, 2.05) is 37.2 Å². The summed E-state index contributed by atoms with van der Waals surface area (Å²) in [4.78, 5) is 25.6. The van der Waals surface area contributed by atoms with Gasteiger partial charge in [0.2, 0.25) is 0 Å². The highest BCUT2D eigenvalue weighted by molar-refractivity contribution is 6.39. The number of nitrogens with zero attached hydrogens (tertiary/aromatic N) is 1. The van der Waals surface area contributed by atoms with Gasteiger partial charge >= 0.3 is 11.8 Å². The van der Waals surface area contributed by atoms with Crippen LogP contribution in [-0.4, -0.2) is 25.9 Å². The van der Waals surface area contributed by atoms with Crippen LogP contribution in [-0.2, 0) is 16.1 Å². The fraction of sp³-hybridized carbons (Fsp3) is 0.176. The largest absolute Gasteiger partial charge is 0.378 e. The Bertz CT molecular complexity index is 699. The van der Waals surface area contributed by atoms with Gasteiger partial charge < -0.3 is 15.5 Å². The molecule has 2 aromatic rings. The molecule has 0 atom stereocenters. The maximum Gasteiger partial charge on any atom is 0.313 e. The summed E-state index contributed by atoms with van der Waals surface area (Å²) in [5.74, 6) is -1.42. The predicted octanol–water partition coefficient (Wildman–Crippen LogP) is 2.66. The van der Waals surface area contributed by atoms with Gasteiger partial charge in [-0.3, -0.25) is 9.59 Å². The standard InChI is InChI=1S/C17H18ClN3O2/c1-21(2)14-9-7-13(8-10-14)20-17(23)16(22)19-11-12-5-3-4-6-15(12)18/h3-10H,11H2,1-2H3,(H,19,22)(H,20,23). The minimum atomic E-state index is -0.713. The van der Waals surface area contributed by atoms with Gasteiger partial charge in [-0.15, -0.1) is 0 Å². The minimum Gasteiger partial charge on any atom is -0.378 e. The molecule has 0 bridgehead atoms. The van der Waals surface area contributed by atoms with Crippen molar-refractivity contribution in [2.45, 2.75) is 6.54 Å². The number of halogens is 1. The zero-order valence-electron chi connectivity index (χ0n) is 13.0. The molecule has 0 spiro atoms. The molecule has 0 saturated carbocycles. The highest BCUT2D eigenvalue weighted by atomic mass is 35.5. The van der Waals surface area contributed by atoms with Crippen LogP contribution in [0.25, 0.3) is 0 Å². The van der Waals surface area contributed by atoms with E-state index in [4.69, 9.17) is 11.6 Å². The Morgan fingerprint density at radius 1 is 1.00 bits per heavy atom. The molecule has 0 fully saturated rings. The summed E-state index contributed by atoms with van der Waals surface area (Å²) < 4.78 is 0. The van der Waals surface area contributed by atoms with Crippen molar-refractivity contribution in [3.05, 3.63) is 59.1 Å². The van der Waals surface area contributed by atoms with Crippen molar-refractivity contribution in [1.29, 1.82) is 0 Å². The molecule has 2 aromatic carbocycles. The first-order valence-electron chi connectivity index (χ1n) is 7.07. The fourth-order valence-corrected chi connectivity index (χ4v) is 2.13. The predicted molar refractivity (Wildman–Crippen MR) is 92.7 cm³/mol. The van der Waals surface area contributed by atoms with Crippen molar-refractivity contribution in [3.8, 4) is 0 Å². The molecule has 0 aromatic heterocycles. The van der Waals surface area contributed by atoms with Crippen molar-refractivity contribution in [1.82, 2.24) is 5.32 Å². The van der Waals surface area contributed by atoms with Crippen molar-refractivity contribution >= 4 is 34.8 Å². The Kier molecular flexibility index (Phi) is 5.60. The number of nitrogens with one attached hydrogen (secondary N) is 2. The van der Waals surface area contributed by atoms with Crippen molar-refractivity contribution < 1.29 is 9.59 Å². The molecule has 2 rings (SSSR count). The van der Waals surface area contributed by atoms with Crippen LogP contribution in [0.1, 0.15) is 5.56 Å². The Labute approximate surface area is 140 Å². The Hall–Kier alpha value is -2.53. The number of hydrogen-bond donors (Lipinski definition) is 2. The van der Waals surface area contributed by atoms with E-state index in [0.29, 0.717) is 10.7 Å². The summed E-state index contributed by atoms with van der Waals surface area (Å²) in [6, 6.07) is 14.4. The van der Waals surface area contributed by atoms with Crippen LogP contribution in [0, 0.1) is 0 Å². The fourth-order valence-electron chi connectivity index (χ4n) is 1.93. The number of benzene rings is 2. The van der Waals surface area contributed by atoms with E-state index >= 15 is 0 Å². The van der Waals surface area contributed by atoms with Gasteiger partial charge in [0, 0.05) is 37.0 Å². The first-order chi connectivity index (χ1) is 11.0. The average molecular weight is 332 g/mol. The van der Waals surface area contributed by atoms with Gasteiger partial charge in [0.1, 0.15) is 0 Å². The van der Waals surface area contributed by atoms with Crippen LogP contribution in [0.3, 0.4) is 0 Å². The SMILES string of the molecule is CN(C)c1ccc(NC(=O)C(=O)NCc2ccccc2Cl)cc1. The Balaban J connectivity index is 1.90. The molecule has 0 saturated heterocycles. The van der Waals surface area contributed by atoms with E-state index in [0.717, 1.165) is 11.3 Å². The number of anilines is 2. The van der Waals surface area contributed by atoms with Gasteiger partial charge in [0.15, 0.2) is 0 Å². The maximum absolute atomic E-state index is 11.9. The lowest BCUT2D eigenvalue weighted by atomic mass is 10.2. The molecule has 2 amide bonds. The molecule has 6 heteroatoms. The lowest BCUT2D eigenvalue weighted by Gasteiger charge is -2.13. The van der Waals surface area contributed by atoms with Crippen molar-refractivity contribution in [2.75, 3.05) is 24.3 Å². The smallest absolute Gasteiger partial charge is 0.313 e. The molecule has 0 heterocycles.